The van der Waals surface area contributed by atoms with E-state index in [1.54, 1.807) is 4.90 Å². The fraction of sp³-hybridized carbons (Fsp3) is 0.417. The molecule has 0 aliphatic carbocycles. The van der Waals surface area contributed by atoms with Crippen molar-refractivity contribution in [1.82, 2.24) is 9.21 Å². The largest absolute Gasteiger partial charge is 0.340 e. The molecule has 0 bridgehead atoms. The molecule has 20 heavy (non-hydrogen) atoms. The second kappa shape index (κ2) is 5.67. The smallest absolute Gasteiger partial charge is 0.246 e. The van der Waals surface area contributed by atoms with Crippen molar-refractivity contribution in [3.05, 3.63) is 29.0 Å². The number of halogens is 2. The highest BCUT2D eigenvalue weighted by Gasteiger charge is 2.31. The summed E-state index contributed by atoms with van der Waals surface area (Å²) in [6, 6.07) is 3.42. The summed E-state index contributed by atoms with van der Waals surface area (Å²) in [5.74, 6) is -0.931. The van der Waals surface area contributed by atoms with E-state index in [1.807, 2.05) is 0 Å². The van der Waals surface area contributed by atoms with E-state index in [0.717, 1.165) is 12.1 Å². The van der Waals surface area contributed by atoms with Crippen molar-refractivity contribution in [3.8, 4) is 0 Å². The molecule has 1 amide bonds. The van der Waals surface area contributed by atoms with Crippen molar-refractivity contribution in [1.29, 1.82) is 0 Å². The van der Waals surface area contributed by atoms with Crippen LogP contribution in [0.2, 0.25) is 5.02 Å². The lowest BCUT2D eigenvalue weighted by atomic mass is 10.3. The van der Waals surface area contributed by atoms with Crippen LogP contribution in [0, 0.1) is 5.82 Å². The van der Waals surface area contributed by atoms with E-state index in [2.05, 4.69) is 0 Å². The van der Waals surface area contributed by atoms with Gasteiger partial charge in [0.15, 0.2) is 0 Å². The highest BCUT2D eigenvalue weighted by Crippen LogP contribution is 2.23. The summed E-state index contributed by atoms with van der Waals surface area (Å²) >= 11 is 5.72. The summed E-state index contributed by atoms with van der Waals surface area (Å²) in [7, 11) is -3.93. The minimum absolute atomic E-state index is 0.101. The van der Waals surface area contributed by atoms with Gasteiger partial charge < -0.3 is 4.90 Å². The lowest BCUT2D eigenvalue weighted by Crippen LogP contribution is -2.50. The standard InChI is InChI=1S/C12H14ClFN2O3S/c1-9(17)15-4-6-16(7-5-15)20(18,19)12-8-10(13)2-3-11(12)14/h2-3,8H,4-7H2,1H3. The molecule has 0 aromatic heterocycles. The quantitative estimate of drug-likeness (QED) is 0.826. The average molecular weight is 321 g/mol. The maximum absolute atomic E-state index is 13.7. The topological polar surface area (TPSA) is 57.7 Å². The second-order valence-electron chi connectivity index (χ2n) is 4.48. The minimum atomic E-state index is -3.93. The number of sulfonamides is 1. The zero-order valence-electron chi connectivity index (χ0n) is 10.8. The molecule has 5 nitrogen and oxygen atoms in total. The maximum Gasteiger partial charge on any atom is 0.246 e. The van der Waals surface area contributed by atoms with Crippen LogP contribution in [0.3, 0.4) is 0 Å². The third-order valence-electron chi connectivity index (χ3n) is 3.20. The molecule has 1 fully saturated rings. The van der Waals surface area contributed by atoms with Gasteiger partial charge in [0, 0.05) is 38.1 Å². The highest BCUT2D eigenvalue weighted by molar-refractivity contribution is 7.89. The molecule has 0 N–H and O–H groups in total. The molecule has 1 aliphatic rings. The summed E-state index contributed by atoms with van der Waals surface area (Å²) in [6.07, 6.45) is 0. The summed E-state index contributed by atoms with van der Waals surface area (Å²) in [4.78, 5) is 12.3. The molecule has 1 saturated heterocycles. The molecule has 1 aromatic carbocycles. The van der Waals surface area contributed by atoms with Crippen molar-refractivity contribution in [2.75, 3.05) is 26.2 Å². The van der Waals surface area contributed by atoms with Crippen molar-refractivity contribution in [2.24, 2.45) is 0 Å². The lowest BCUT2D eigenvalue weighted by Gasteiger charge is -2.33. The second-order valence-corrected chi connectivity index (χ2v) is 6.83. The van der Waals surface area contributed by atoms with Gasteiger partial charge in [-0.1, -0.05) is 11.6 Å². The van der Waals surface area contributed by atoms with Gasteiger partial charge in [-0.25, -0.2) is 12.8 Å². The molecule has 0 unspecified atom stereocenters. The van der Waals surface area contributed by atoms with Gasteiger partial charge in [0.1, 0.15) is 10.7 Å². The molecule has 1 aromatic rings. The summed E-state index contributed by atoms with van der Waals surface area (Å²) in [5.41, 5.74) is 0. The first-order chi connectivity index (χ1) is 9.32. The molecule has 0 radical (unpaired) electrons. The van der Waals surface area contributed by atoms with Crippen LogP contribution < -0.4 is 0 Å². The van der Waals surface area contributed by atoms with Crippen LogP contribution >= 0.6 is 11.6 Å². The zero-order chi connectivity index (χ0) is 14.9. The van der Waals surface area contributed by atoms with E-state index in [0.29, 0.717) is 13.1 Å². The number of nitrogens with zero attached hydrogens (tertiary/aromatic N) is 2. The van der Waals surface area contributed by atoms with Gasteiger partial charge in [-0.3, -0.25) is 4.79 Å². The number of rotatable bonds is 2. The van der Waals surface area contributed by atoms with Crippen LogP contribution in [0.25, 0.3) is 0 Å². The Morgan fingerprint density at radius 2 is 1.85 bits per heavy atom. The number of piperazine rings is 1. The van der Waals surface area contributed by atoms with E-state index in [1.165, 1.54) is 17.3 Å². The Kier molecular flexibility index (Phi) is 4.31. The van der Waals surface area contributed by atoms with E-state index in [9.17, 15) is 17.6 Å². The minimum Gasteiger partial charge on any atom is -0.340 e. The van der Waals surface area contributed by atoms with Crippen LogP contribution in [0.4, 0.5) is 4.39 Å². The molecule has 0 spiro atoms. The molecular formula is C12H14ClFN2O3S. The molecular weight excluding hydrogens is 307 g/mol. The number of hydrogen-bond donors (Lipinski definition) is 0. The van der Waals surface area contributed by atoms with E-state index < -0.39 is 20.7 Å². The van der Waals surface area contributed by atoms with Gasteiger partial charge in [-0.15, -0.1) is 0 Å². The van der Waals surface area contributed by atoms with Crippen molar-refractivity contribution >= 4 is 27.5 Å². The fourth-order valence-electron chi connectivity index (χ4n) is 2.06. The zero-order valence-corrected chi connectivity index (χ0v) is 12.4. The van der Waals surface area contributed by atoms with Crippen LogP contribution in [0.5, 0.6) is 0 Å². The molecule has 8 heteroatoms. The van der Waals surface area contributed by atoms with Crippen LogP contribution in [0.1, 0.15) is 6.92 Å². The average Bonchev–Trinajstić information content (AvgIpc) is 2.41. The van der Waals surface area contributed by atoms with Crippen LogP contribution in [-0.2, 0) is 14.8 Å². The Hall–Kier alpha value is -1.18. The molecule has 2 rings (SSSR count). The highest BCUT2D eigenvalue weighted by atomic mass is 35.5. The first-order valence-electron chi connectivity index (χ1n) is 6.03. The number of amides is 1. The number of hydrogen-bond acceptors (Lipinski definition) is 3. The SMILES string of the molecule is CC(=O)N1CCN(S(=O)(=O)c2cc(Cl)ccc2F)CC1. The lowest BCUT2D eigenvalue weighted by molar-refractivity contribution is -0.129. The molecule has 0 saturated carbocycles. The van der Waals surface area contributed by atoms with Gasteiger partial charge in [0.25, 0.3) is 0 Å². The normalized spacial score (nSPS) is 17.2. The van der Waals surface area contributed by atoms with Gasteiger partial charge in [-0.2, -0.15) is 4.31 Å². The van der Waals surface area contributed by atoms with Gasteiger partial charge in [0.05, 0.1) is 0 Å². The molecule has 110 valence electrons. The third-order valence-corrected chi connectivity index (χ3v) is 5.34. The first kappa shape index (κ1) is 15.2. The number of benzene rings is 1. The number of carbonyl (C=O) groups is 1. The third kappa shape index (κ3) is 2.94. The van der Waals surface area contributed by atoms with Crippen LogP contribution in [0.15, 0.2) is 23.1 Å². The predicted octanol–water partition coefficient (Wildman–Crippen LogP) is 1.33. The van der Waals surface area contributed by atoms with E-state index in [-0.39, 0.29) is 24.0 Å². The van der Waals surface area contributed by atoms with E-state index in [4.69, 9.17) is 11.6 Å². The molecule has 1 heterocycles. The van der Waals surface area contributed by atoms with Crippen molar-refractivity contribution < 1.29 is 17.6 Å². The molecule has 1 aliphatic heterocycles. The van der Waals surface area contributed by atoms with Crippen molar-refractivity contribution in [3.63, 3.8) is 0 Å². The summed E-state index contributed by atoms with van der Waals surface area (Å²) < 4.78 is 39.6. The predicted molar refractivity (Wildman–Crippen MR) is 72.4 cm³/mol. The van der Waals surface area contributed by atoms with Crippen molar-refractivity contribution in [2.45, 2.75) is 11.8 Å². The Bertz CT molecular complexity index is 628. The first-order valence-corrected chi connectivity index (χ1v) is 7.85. The summed E-state index contributed by atoms with van der Waals surface area (Å²) in [5, 5.41) is 0.160. The number of carbonyl (C=O) groups excluding carboxylic acids is 1. The Morgan fingerprint density at radius 3 is 2.40 bits per heavy atom. The summed E-state index contributed by atoms with van der Waals surface area (Å²) in [6.45, 7) is 2.33. The fourth-order valence-corrected chi connectivity index (χ4v) is 3.81. The van der Waals surface area contributed by atoms with E-state index >= 15 is 0 Å². The van der Waals surface area contributed by atoms with Gasteiger partial charge >= 0.3 is 0 Å². The Morgan fingerprint density at radius 1 is 1.25 bits per heavy atom. The van der Waals surface area contributed by atoms with Gasteiger partial charge in [-0.05, 0) is 18.2 Å². The maximum atomic E-state index is 13.7. The monoisotopic (exact) mass is 320 g/mol. The Labute approximate surface area is 122 Å². The molecule has 0 atom stereocenters. The van der Waals surface area contributed by atoms with Crippen LogP contribution in [-0.4, -0.2) is 49.7 Å². The Balaban J connectivity index is 2.24. The van der Waals surface area contributed by atoms with Gasteiger partial charge in [0.2, 0.25) is 15.9 Å².